The number of guanidine groups is 1. The first-order chi connectivity index (χ1) is 24.8. The summed E-state index contributed by atoms with van der Waals surface area (Å²) in [5, 5.41) is 0.0801. The van der Waals surface area contributed by atoms with Crippen molar-refractivity contribution in [3.05, 3.63) is 126 Å². The van der Waals surface area contributed by atoms with E-state index in [1.54, 1.807) is 16.7 Å². The number of aromatic nitrogens is 1. The molecule has 0 saturated carbocycles. The van der Waals surface area contributed by atoms with Crippen molar-refractivity contribution in [3.63, 3.8) is 0 Å². The highest BCUT2D eigenvalue weighted by atomic mass is 19.4. The molecule has 272 valence electrons. The molecule has 0 bridgehead atoms. The van der Waals surface area contributed by atoms with E-state index >= 15 is 0 Å². The molecule has 1 aliphatic rings. The number of carbonyl (C=O) groups excluding carboxylic acids is 1. The number of benzene rings is 4. The molecule has 4 aromatic carbocycles. The minimum absolute atomic E-state index is 0.0374. The highest BCUT2D eigenvalue weighted by molar-refractivity contribution is 6.03. The lowest BCUT2D eigenvalue weighted by Crippen LogP contribution is -2.63. The third kappa shape index (κ3) is 7.61. The third-order valence-electron chi connectivity index (χ3n) is 8.46. The highest BCUT2D eigenvalue weighted by Crippen LogP contribution is 2.48. The lowest BCUT2D eigenvalue weighted by molar-refractivity contribution is -0.228. The van der Waals surface area contributed by atoms with Gasteiger partial charge in [-0.2, -0.15) is 26.3 Å². The monoisotopic (exact) mass is 725 g/mol. The van der Waals surface area contributed by atoms with Crippen molar-refractivity contribution in [3.8, 4) is 11.1 Å². The summed E-state index contributed by atoms with van der Waals surface area (Å²) in [6, 6.07) is 26.0. The molecule has 9 nitrogen and oxygen atoms in total. The fraction of sp³-hybridized carbons (Fsp3) is 0.243. The molecule has 1 aliphatic heterocycles. The number of rotatable bonds is 12. The van der Waals surface area contributed by atoms with Gasteiger partial charge < -0.3 is 24.5 Å². The molecule has 4 N–H and O–H groups in total. The van der Waals surface area contributed by atoms with Crippen LogP contribution in [0.15, 0.2) is 108 Å². The maximum atomic E-state index is 14.4. The van der Waals surface area contributed by atoms with Gasteiger partial charge in [-0.3, -0.25) is 10.6 Å². The van der Waals surface area contributed by atoms with E-state index < -0.39 is 35.7 Å². The summed E-state index contributed by atoms with van der Waals surface area (Å²) in [4.78, 5) is 17.8. The number of halogens is 6. The Morgan fingerprint density at radius 1 is 0.769 bits per heavy atom. The number of alkyl halides is 6. The molecule has 0 aliphatic carbocycles. The zero-order valence-electron chi connectivity index (χ0n) is 27.5. The van der Waals surface area contributed by atoms with Gasteiger partial charge in [-0.05, 0) is 34.9 Å². The molecular formula is C37H33F6N5O4. The molecule has 0 fully saturated rings. The van der Waals surface area contributed by atoms with Crippen LogP contribution >= 0.6 is 0 Å². The van der Waals surface area contributed by atoms with Crippen molar-refractivity contribution in [1.82, 2.24) is 9.47 Å². The van der Waals surface area contributed by atoms with Gasteiger partial charge in [0.2, 0.25) is 5.96 Å². The smallest absolute Gasteiger partial charge is 0.414 e. The van der Waals surface area contributed by atoms with Gasteiger partial charge >= 0.3 is 18.3 Å². The minimum Gasteiger partial charge on any atom is -0.414 e. The minimum atomic E-state index is -5.46. The number of aliphatic imine (C=N–C) groups is 1. The summed E-state index contributed by atoms with van der Waals surface area (Å²) in [6.07, 6.45) is -8.69. The van der Waals surface area contributed by atoms with Gasteiger partial charge in [-0.15, -0.1) is 0 Å². The quantitative estimate of drug-likeness (QED) is 0.0605. The fourth-order valence-corrected chi connectivity index (χ4v) is 6.13. The number of ether oxygens (including phenoxy) is 3. The second-order valence-corrected chi connectivity index (χ2v) is 11.9. The second kappa shape index (κ2) is 14.7. The molecule has 0 spiro atoms. The van der Waals surface area contributed by atoms with Crippen LogP contribution in [0.2, 0.25) is 0 Å². The lowest BCUT2D eigenvalue weighted by Gasteiger charge is -2.43. The molecule has 0 amide bonds. The summed E-state index contributed by atoms with van der Waals surface area (Å²) in [7, 11) is 0. The van der Waals surface area contributed by atoms with E-state index in [1.807, 2.05) is 48.5 Å². The van der Waals surface area contributed by atoms with Gasteiger partial charge in [0.25, 0.3) is 5.85 Å². The van der Waals surface area contributed by atoms with Crippen LogP contribution in [-0.2, 0) is 50.8 Å². The van der Waals surface area contributed by atoms with E-state index in [0.717, 1.165) is 22.1 Å². The SMILES string of the molecule is NC1=Nc2cc(-c3ccccc3C(F)(F)F)c3c(ccn3CCOCc3ccccc3)c2C(N)(OC(=O)C(F)(F)F)N1CCOCc1ccccc1. The molecule has 15 heteroatoms. The molecule has 1 unspecified atom stereocenters. The van der Waals surface area contributed by atoms with Gasteiger partial charge in [0, 0.05) is 30.2 Å². The Kier molecular flexibility index (Phi) is 10.3. The fourth-order valence-electron chi connectivity index (χ4n) is 6.13. The zero-order valence-corrected chi connectivity index (χ0v) is 27.5. The summed E-state index contributed by atoms with van der Waals surface area (Å²) in [6.45, 7) is 0.222. The van der Waals surface area contributed by atoms with Crippen molar-refractivity contribution < 1.29 is 45.3 Å². The van der Waals surface area contributed by atoms with Crippen LogP contribution in [-0.4, -0.2) is 47.3 Å². The number of hydrogen-bond acceptors (Lipinski definition) is 8. The van der Waals surface area contributed by atoms with Crippen molar-refractivity contribution in [2.75, 3.05) is 19.8 Å². The van der Waals surface area contributed by atoms with Crippen molar-refractivity contribution >= 4 is 28.5 Å². The summed E-state index contributed by atoms with van der Waals surface area (Å²) < 4.78 is 103. The molecule has 1 atom stereocenters. The van der Waals surface area contributed by atoms with Crippen molar-refractivity contribution in [2.24, 2.45) is 16.5 Å². The van der Waals surface area contributed by atoms with Crippen molar-refractivity contribution in [1.29, 1.82) is 0 Å². The van der Waals surface area contributed by atoms with Gasteiger partial charge in [-0.1, -0.05) is 78.9 Å². The number of hydrogen-bond donors (Lipinski definition) is 2. The summed E-state index contributed by atoms with van der Waals surface area (Å²) in [5.41, 5.74) is 13.3. The number of nitrogens with two attached hydrogens (primary N) is 2. The average Bonchev–Trinajstić information content (AvgIpc) is 3.52. The van der Waals surface area contributed by atoms with Crippen molar-refractivity contribution in [2.45, 2.75) is 38.0 Å². The Balaban J connectivity index is 1.46. The Labute approximate surface area is 294 Å². The molecule has 52 heavy (non-hydrogen) atoms. The molecule has 2 heterocycles. The van der Waals surface area contributed by atoms with E-state index in [0.29, 0.717) is 0 Å². The first kappa shape index (κ1) is 36.4. The van der Waals surface area contributed by atoms with Crippen LogP contribution in [0.1, 0.15) is 22.3 Å². The summed E-state index contributed by atoms with van der Waals surface area (Å²) >= 11 is 0. The molecule has 6 rings (SSSR count). The van der Waals surface area contributed by atoms with Gasteiger partial charge in [0.1, 0.15) is 0 Å². The van der Waals surface area contributed by atoms with E-state index in [2.05, 4.69) is 4.99 Å². The maximum Gasteiger partial charge on any atom is 0.491 e. The number of nitrogens with zero attached hydrogens (tertiary/aromatic N) is 3. The predicted octanol–water partition coefficient (Wildman–Crippen LogP) is 7.20. The zero-order chi connectivity index (χ0) is 37.1. The second-order valence-electron chi connectivity index (χ2n) is 11.9. The van der Waals surface area contributed by atoms with E-state index in [-0.39, 0.29) is 72.8 Å². The first-order valence-corrected chi connectivity index (χ1v) is 16.0. The van der Waals surface area contributed by atoms with Gasteiger partial charge in [-0.25, -0.2) is 9.79 Å². The van der Waals surface area contributed by atoms with Crippen LogP contribution in [0.25, 0.3) is 22.0 Å². The Bertz CT molecular complexity index is 2070. The number of fused-ring (bicyclic) bond motifs is 3. The number of carbonyl (C=O) groups is 1. The molecular weight excluding hydrogens is 692 g/mol. The normalized spacial score (nSPS) is 16.1. The van der Waals surface area contributed by atoms with Gasteiger partial charge in [0.05, 0.1) is 48.8 Å². The molecule has 1 aromatic heterocycles. The van der Waals surface area contributed by atoms with Crippen LogP contribution in [0, 0.1) is 0 Å². The largest absolute Gasteiger partial charge is 0.491 e. The topological polar surface area (TPSA) is 117 Å². The van der Waals surface area contributed by atoms with E-state index in [1.165, 1.54) is 36.5 Å². The highest BCUT2D eigenvalue weighted by Gasteiger charge is 2.52. The molecule has 0 radical (unpaired) electrons. The molecule has 5 aromatic rings. The van der Waals surface area contributed by atoms with Gasteiger partial charge in [0.15, 0.2) is 0 Å². The van der Waals surface area contributed by atoms with E-state index in [4.69, 9.17) is 25.7 Å². The third-order valence-corrected chi connectivity index (χ3v) is 8.46. The average molecular weight is 726 g/mol. The number of esters is 1. The lowest BCUT2D eigenvalue weighted by atomic mass is 9.91. The van der Waals surface area contributed by atoms with Crippen LogP contribution in [0.3, 0.4) is 0 Å². The Morgan fingerprint density at radius 2 is 1.35 bits per heavy atom. The summed E-state index contributed by atoms with van der Waals surface area (Å²) in [5.74, 6) is -5.78. The van der Waals surface area contributed by atoms with Crippen LogP contribution < -0.4 is 11.5 Å². The molecule has 0 saturated heterocycles. The van der Waals surface area contributed by atoms with Crippen LogP contribution in [0.5, 0.6) is 0 Å². The Morgan fingerprint density at radius 3 is 1.94 bits per heavy atom. The standard InChI is InChI=1S/C37H33F6N5O4/c38-35(39,40)29-14-8-7-13-26(29)28-21-30-31(27-15-16-47(32(27)28)17-19-50-22-24-9-3-1-4-10-24)37(45,52-33(49)36(41,42)43)48(34(44)46-30)18-20-51-23-25-11-5-2-6-12-25/h1-16,21H,17-20,22-23,45H2,(H2,44,46). The maximum absolute atomic E-state index is 14.4. The Hall–Kier alpha value is -5.38. The first-order valence-electron chi connectivity index (χ1n) is 16.0. The predicted molar refractivity (Wildman–Crippen MR) is 181 cm³/mol. The van der Waals surface area contributed by atoms with Crippen LogP contribution in [0.4, 0.5) is 32.0 Å². The van der Waals surface area contributed by atoms with E-state index in [9.17, 15) is 31.1 Å².